The summed E-state index contributed by atoms with van der Waals surface area (Å²) in [6, 6.07) is 13.3. The van der Waals surface area contributed by atoms with Crippen molar-refractivity contribution >= 4 is 28.8 Å². The van der Waals surface area contributed by atoms with Crippen molar-refractivity contribution in [1.29, 1.82) is 0 Å². The minimum absolute atomic E-state index is 0.255. The molecule has 1 aromatic carbocycles. The molecule has 3 rings (SSSR count). The largest absolute Gasteiger partial charge is 0.467 e. The number of methoxy groups -OCH3 is 1. The van der Waals surface area contributed by atoms with Crippen LogP contribution in [0.5, 0.6) is 0 Å². The Labute approximate surface area is 149 Å². The summed E-state index contributed by atoms with van der Waals surface area (Å²) >= 11 is 1.16. The molecule has 0 bridgehead atoms. The Bertz CT molecular complexity index is 813. The number of benzene rings is 1. The lowest BCUT2D eigenvalue weighted by Gasteiger charge is -2.13. The lowest BCUT2D eigenvalue weighted by atomic mass is 10.2. The Morgan fingerprint density at radius 3 is 2.76 bits per heavy atom. The lowest BCUT2D eigenvalue weighted by Crippen LogP contribution is -2.28. The van der Waals surface area contributed by atoms with Gasteiger partial charge >= 0.3 is 5.97 Å². The Balaban J connectivity index is 1.85. The molecule has 1 aromatic heterocycles. The van der Waals surface area contributed by atoms with Crippen molar-refractivity contribution in [2.45, 2.75) is 13.1 Å². The number of aliphatic imine (C=N–C) groups is 1. The van der Waals surface area contributed by atoms with Crippen LogP contribution < -0.4 is 0 Å². The fourth-order valence-electron chi connectivity index (χ4n) is 2.23. The van der Waals surface area contributed by atoms with Crippen LogP contribution in [0.3, 0.4) is 0 Å². The van der Waals surface area contributed by atoms with Crippen LogP contribution in [-0.2, 0) is 27.4 Å². The van der Waals surface area contributed by atoms with Crippen LogP contribution in [0.1, 0.15) is 11.3 Å². The van der Waals surface area contributed by atoms with Gasteiger partial charge in [0.15, 0.2) is 5.17 Å². The second-order valence-corrected chi connectivity index (χ2v) is 6.20. The van der Waals surface area contributed by atoms with Gasteiger partial charge in [0, 0.05) is 6.08 Å². The Kier molecular flexibility index (Phi) is 5.35. The average Bonchev–Trinajstić information content (AvgIpc) is 3.25. The van der Waals surface area contributed by atoms with Gasteiger partial charge in [0.2, 0.25) is 0 Å². The first kappa shape index (κ1) is 17.0. The molecule has 0 saturated carbocycles. The molecule has 0 unspecified atom stereocenters. The number of hydrogen-bond acceptors (Lipinski definition) is 6. The molecule has 0 N–H and O–H groups in total. The number of hydrogen-bond donors (Lipinski definition) is 0. The molecule has 2 heterocycles. The van der Waals surface area contributed by atoms with Crippen molar-refractivity contribution < 1.29 is 18.7 Å². The predicted molar refractivity (Wildman–Crippen MR) is 94.5 cm³/mol. The molecule has 128 valence electrons. The third-order valence-electron chi connectivity index (χ3n) is 3.47. The van der Waals surface area contributed by atoms with Crippen LogP contribution in [0.25, 0.3) is 0 Å². The zero-order chi connectivity index (χ0) is 17.6. The van der Waals surface area contributed by atoms with E-state index >= 15 is 0 Å². The number of carbonyl (C=O) groups is 2. The predicted octanol–water partition coefficient (Wildman–Crippen LogP) is 2.97. The van der Waals surface area contributed by atoms with Gasteiger partial charge in [0.25, 0.3) is 5.91 Å². The Morgan fingerprint density at radius 1 is 1.28 bits per heavy atom. The smallest absolute Gasteiger partial charge is 0.331 e. The van der Waals surface area contributed by atoms with Crippen molar-refractivity contribution in [3.05, 3.63) is 71.0 Å². The summed E-state index contributed by atoms with van der Waals surface area (Å²) in [5, 5.41) is 0.528. The van der Waals surface area contributed by atoms with Crippen molar-refractivity contribution in [1.82, 2.24) is 4.90 Å². The molecule has 1 amide bonds. The second kappa shape index (κ2) is 7.85. The lowest BCUT2D eigenvalue weighted by molar-refractivity contribution is -0.135. The van der Waals surface area contributed by atoms with E-state index in [1.807, 2.05) is 30.3 Å². The number of esters is 1. The summed E-state index contributed by atoms with van der Waals surface area (Å²) in [6.07, 6.45) is 2.74. The molecule has 1 aliphatic rings. The van der Waals surface area contributed by atoms with Gasteiger partial charge in [-0.05, 0) is 29.5 Å². The van der Waals surface area contributed by atoms with Gasteiger partial charge < -0.3 is 9.15 Å². The van der Waals surface area contributed by atoms with Crippen molar-refractivity contribution in [2.24, 2.45) is 4.99 Å². The van der Waals surface area contributed by atoms with Gasteiger partial charge in [-0.2, -0.15) is 0 Å². The van der Waals surface area contributed by atoms with Gasteiger partial charge in [0.05, 0.1) is 31.4 Å². The molecule has 0 radical (unpaired) electrons. The van der Waals surface area contributed by atoms with Gasteiger partial charge in [-0.3, -0.25) is 14.7 Å². The SMILES string of the molecule is COC(=O)/C=C1/SC(=NCc2ccccc2)N(Cc2ccco2)C1=O. The second-order valence-electron chi connectivity index (χ2n) is 5.19. The number of amides is 1. The number of furan rings is 1. The summed E-state index contributed by atoms with van der Waals surface area (Å²) in [5.74, 6) is -0.225. The molecular formula is C18H16N2O4S. The molecule has 1 fully saturated rings. The van der Waals surface area contributed by atoms with Crippen LogP contribution >= 0.6 is 11.8 Å². The van der Waals surface area contributed by atoms with Gasteiger partial charge in [-0.1, -0.05) is 30.3 Å². The van der Waals surface area contributed by atoms with Crippen molar-refractivity contribution in [3.63, 3.8) is 0 Å². The summed E-state index contributed by atoms with van der Waals surface area (Å²) in [6.45, 7) is 0.696. The van der Waals surface area contributed by atoms with E-state index < -0.39 is 5.97 Å². The van der Waals surface area contributed by atoms with Crippen LogP contribution in [-0.4, -0.2) is 29.1 Å². The summed E-state index contributed by atoms with van der Waals surface area (Å²) in [5.41, 5.74) is 1.03. The molecule has 0 aliphatic carbocycles. The number of ether oxygens (including phenoxy) is 1. The van der Waals surface area contributed by atoms with Crippen LogP contribution in [0.2, 0.25) is 0 Å². The van der Waals surface area contributed by atoms with Crippen molar-refractivity contribution in [3.8, 4) is 0 Å². The van der Waals surface area contributed by atoms with E-state index in [9.17, 15) is 9.59 Å². The maximum atomic E-state index is 12.6. The highest BCUT2D eigenvalue weighted by atomic mass is 32.2. The minimum atomic E-state index is -0.571. The normalized spacial score (nSPS) is 17.5. The molecule has 2 aromatic rings. The van der Waals surface area contributed by atoms with Crippen molar-refractivity contribution in [2.75, 3.05) is 7.11 Å². The Morgan fingerprint density at radius 2 is 2.08 bits per heavy atom. The number of amidine groups is 1. The summed E-state index contributed by atoms with van der Waals surface area (Å²) in [7, 11) is 1.27. The topological polar surface area (TPSA) is 72.1 Å². The quantitative estimate of drug-likeness (QED) is 0.608. The van der Waals surface area contributed by atoms with E-state index in [0.29, 0.717) is 17.5 Å². The maximum absolute atomic E-state index is 12.6. The number of rotatable bonds is 5. The fourth-order valence-corrected chi connectivity index (χ4v) is 3.17. The van der Waals surface area contributed by atoms with Gasteiger partial charge in [0.1, 0.15) is 5.76 Å². The first-order valence-corrected chi connectivity index (χ1v) is 8.39. The average molecular weight is 356 g/mol. The van der Waals surface area contributed by atoms with E-state index in [0.717, 1.165) is 17.3 Å². The highest BCUT2D eigenvalue weighted by Gasteiger charge is 2.34. The standard InChI is InChI=1S/C18H16N2O4S/c1-23-16(21)10-15-17(22)20(12-14-8-5-9-24-14)18(25-15)19-11-13-6-3-2-4-7-13/h2-10H,11-12H2,1H3/b15-10+,19-18?. The van der Waals surface area contributed by atoms with E-state index in [1.165, 1.54) is 18.1 Å². The van der Waals surface area contributed by atoms with Crippen LogP contribution in [0, 0.1) is 0 Å². The van der Waals surface area contributed by atoms with E-state index in [4.69, 9.17) is 4.42 Å². The zero-order valence-electron chi connectivity index (χ0n) is 13.5. The Hall–Kier alpha value is -2.80. The number of thioether (sulfide) groups is 1. The van der Waals surface area contributed by atoms with Gasteiger partial charge in [-0.25, -0.2) is 4.79 Å². The molecule has 7 heteroatoms. The zero-order valence-corrected chi connectivity index (χ0v) is 14.4. The molecule has 25 heavy (non-hydrogen) atoms. The molecule has 1 aliphatic heterocycles. The minimum Gasteiger partial charge on any atom is -0.467 e. The fraction of sp³-hybridized carbons (Fsp3) is 0.167. The number of nitrogens with zero attached hydrogens (tertiary/aromatic N) is 2. The van der Waals surface area contributed by atoms with Gasteiger partial charge in [-0.15, -0.1) is 0 Å². The summed E-state index contributed by atoms with van der Waals surface area (Å²) in [4.78, 5) is 30.4. The maximum Gasteiger partial charge on any atom is 0.331 e. The highest BCUT2D eigenvalue weighted by molar-refractivity contribution is 8.18. The monoisotopic (exact) mass is 356 g/mol. The van der Waals surface area contributed by atoms with E-state index in [-0.39, 0.29) is 17.4 Å². The van der Waals surface area contributed by atoms with E-state index in [2.05, 4.69) is 9.73 Å². The highest BCUT2D eigenvalue weighted by Crippen LogP contribution is 2.32. The molecule has 1 saturated heterocycles. The molecule has 6 nitrogen and oxygen atoms in total. The molecule has 0 atom stereocenters. The third kappa shape index (κ3) is 4.19. The van der Waals surface area contributed by atoms with Crippen LogP contribution in [0.15, 0.2) is 69.1 Å². The molecular weight excluding hydrogens is 340 g/mol. The first-order valence-electron chi connectivity index (χ1n) is 7.57. The summed E-state index contributed by atoms with van der Waals surface area (Å²) < 4.78 is 9.93. The number of carbonyl (C=O) groups excluding carboxylic acids is 2. The van der Waals surface area contributed by atoms with Crippen LogP contribution in [0.4, 0.5) is 0 Å². The first-order chi connectivity index (χ1) is 12.2. The van der Waals surface area contributed by atoms with E-state index in [1.54, 1.807) is 18.4 Å². The molecule has 0 spiro atoms. The third-order valence-corrected chi connectivity index (χ3v) is 4.52.